The van der Waals surface area contributed by atoms with Gasteiger partial charge in [0.15, 0.2) is 9.84 Å². The van der Waals surface area contributed by atoms with Gasteiger partial charge in [-0.05, 0) is 30.9 Å². The zero-order chi connectivity index (χ0) is 13.8. The molecule has 0 aromatic rings. The van der Waals surface area contributed by atoms with Crippen LogP contribution in [-0.4, -0.2) is 32.7 Å². The summed E-state index contributed by atoms with van der Waals surface area (Å²) < 4.78 is 22.3. The van der Waals surface area contributed by atoms with E-state index < -0.39 is 9.84 Å². The monoisotopic (exact) mass is 274 g/mol. The van der Waals surface area contributed by atoms with Gasteiger partial charge in [0.05, 0.1) is 11.8 Å². The second-order valence-electron chi connectivity index (χ2n) is 5.53. The van der Waals surface area contributed by atoms with Crippen LogP contribution in [0.2, 0.25) is 0 Å². The Kier molecular flexibility index (Phi) is 4.92. The van der Waals surface area contributed by atoms with Crippen LogP contribution in [-0.2, 0) is 14.6 Å². The number of rotatable bonds is 6. The van der Waals surface area contributed by atoms with Gasteiger partial charge in [-0.15, -0.1) is 0 Å². The molecule has 5 nitrogen and oxygen atoms in total. The van der Waals surface area contributed by atoms with Gasteiger partial charge in [0, 0.05) is 11.8 Å². The van der Waals surface area contributed by atoms with Crippen molar-refractivity contribution in [2.24, 2.45) is 11.1 Å². The van der Waals surface area contributed by atoms with Crippen molar-refractivity contribution in [2.45, 2.75) is 39.2 Å². The van der Waals surface area contributed by atoms with Crippen molar-refractivity contribution in [3.8, 4) is 0 Å². The highest BCUT2D eigenvalue weighted by molar-refractivity contribution is 7.94. The van der Waals surface area contributed by atoms with Crippen molar-refractivity contribution < 1.29 is 13.2 Å². The molecule has 1 aliphatic heterocycles. The third-order valence-electron chi connectivity index (χ3n) is 3.13. The van der Waals surface area contributed by atoms with E-state index in [1.807, 2.05) is 0 Å². The average molecular weight is 274 g/mol. The maximum absolute atomic E-state index is 11.7. The average Bonchev–Trinajstić information content (AvgIpc) is 2.55. The van der Waals surface area contributed by atoms with E-state index in [0.29, 0.717) is 13.0 Å². The Hall–Kier alpha value is -0.880. The number of sulfone groups is 1. The van der Waals surface area contributed by atoms with Crippen molar-refractivity contribution in [1.82, 2.24) is 5.32 Å². The van der Waals surface area contributed by atoms with Crippen LogP contribution in [0.1, 0.15) is 33.1 Å². The molecule has 0 radical (unpaired) electrons. The van der Waals surface area contributed by atoms with E-state index in [1.165, 1.54) is 6.08 Å². The Morgan fingerprint density at radius 1 is 1.44 bits per heavy atom. The van der Waals surface area contributed by atoms with E-state index in [4.69, 9.17) is 5.73 Å². The summed E-state index contributed by atoms with van der Waals surface area (Å²) in [7, 11) is -3.10. The zero-order valence-electron chi connectivity index (χ0n) is 11.0. The molecule has 1 rings (SSSR count). The van der Waals surface area contributed by atoms with Crippen LogP contribution in [0.5, 0.6) is 0 Å². The lowest BCUT2D eigenvalue weighted by atomic mass is 9.84. The Labute approximate surface area is 109 Å². The molecular weight excluding hydrogens is 252 g/mol. The molecule has 1 atom stereocenters. The smallest absolute Gasteiger partial charge is 0.220 e. The lowest BCUT2D eigenvalue weighted by Gasteiger charge is -2.23. The zero-order valence-corrected chi connectivity index (χ0v) is 11.8. The molecule has 1 heterocycles. The number of carbonyl (C=O) groups is 1. The molecule has 104 valence electrons. The van der Waals surface area contributed by atoms with Crippen LogP contribution >= 0.6 is 0 Å². The van der Waals surface area contributed by atoms with Crippen LogP contribution in [0.15, 0.2) is 11.5 Å². The fourth-order valence-corrected chi connectivity index (χ4v) is 3.15. The molecule has 3 N–H and O–H groups in total. The first-order valence-corrected chi connectivity index (χ1v) is 7.86. The van der Waals surface area contributed by atoms with Crippen molar-refractivity contribution in [3.05, 3.63) is 11.5 Å². The van der Waals surface area contributed by atoms with E-state index in [-0.39, 0.29) is 23.1 Å². The van der Waals surface area contributed by atoms with Crippen LogP contribution in [0.25, 0.3) is 0 Å². The van der Waals surface area contributed by atoms with Gasteiger partial charge < -0.3 is 11.1 Å². The molecule has 18 heavy (non-hydrogen) atoms. The second kappa shape index (κ2) is 5.84. The normalized spacial score (nSPS) is 22.1. The summed E-state index contributed by atoms with van der Waals surface area (Å²) in [4.78, 5) is 11.7. The van der Waals surface area contributed by atoms with Crippen LogP contribution in [0.4, 0.5) is 0 Å². The summed E-state index contributed by atoms with van der Waals surface area (Å²) in [5.41, 5.74) is 5.55. The minimum atomic E-state index is -3.10. The highest BCUT2D eigenvalue weighted by Crippen LogP contribution is 2.25. The van der Waals surface area contributed by atoms with Gasteiger partial charge in [0.1, 0.15) is 0 Å². The highest BCUT2D eigenvalue weighted by atomic mass is 32.2. The van der Waals surface area contributed by atoms with Gasteiger partial charge >= 0.3 is 0 Å². The van der Waals surface area contributed by atoms with Gasteiger partial charge in [-0.25, -0.2) is 8.42 Å². The summed E-state index contributed by atoms with van der Waals surface area (Å²) >= 11 is 0. The number of carbonyl (C=O) groups excluding carboxylic acids is 1. The van der Waals surface area contributed by atoms with Crippen molar-refractivity contribution in [1.29, 1.82) is 0 Å². The molecule has 0 fully saturated rings. The van der Waals surface area contributed by atoms with Gasteiger partial charge in [0.2, 0.25) is 5.91 Å². The van der Waals surface area contributed by atoms with Gasteiger partial charge in [-0.1, -0.05) is 13.8 Å². The van der Waals surface area contributed by atoms with E-state index in [1.54, 1.807) is 0 Å². The Balaban J connectivity index is 2.33. The maximum atomic E-state index is 11.7. The van der Waals surface area contributed by atoms with E-state index in [0.717, 1.165) is 18.2 Å². The van der Waals surface area contributed by atoms with Crippen molar-refractivity contribution in [3.63, 3.8) is 0 Å². The minimum absolute atomic E-state index is 0.0229. The molecular formula is C12H22N2O3S. The first kappa shape index (κ1) is 15.2. The Morgan fingerprint density at radius 2 is 2.11 bits per heavy atom. The standard InChI is InChI=1S/C12H22N2O3S/c1-12(2,6-7-13)5-3-11(15)14-10-4-8-18(16,17)9-10/h4,8,10H,3,5-7,9,13H2,1-2H3,(H,14,15). The number of amides is 1. The summed E-state index contributed by atoms with van der Waals surface area (Å²) in [6.45, 7) is 4.76. The molecule has 0 saturated carbocycles. The molecule has 1 amide bonds. The quantitative estimate of drug-likeness (QED) is 0.741. The topological polar surface area (TPSA) is 89.3 Å². The third-order valence-corrected chi connectivity index (χ3v) is 4.52. The summed E-state index contributed by atoms with van der Waals surface area (Å²) in [5.74, 6) is -0.128. The largest absolute Gasteiger partial charge is 0.349 e. The lowest BCUT2D eigenvalue weighted by Crippen LogP contribution is -2.36. The number of nitrogens with two attached hydrogens (primary N) is 1. The molecule has 0 aromatic carbocycles. The first-order valence-electron chi connectivity index (χ1n) is 6.14. The van der Waals surface area contributed by atoms with Crippen LogP contribution in [0, 0.1) is 5.41 Å². The van der Waals surface area contributed by atoms with E-state index in [9.17, 15) is 13.2 Å². The molecule has 0 bridgehead atoms. The first-order chi connectivity index (χ1) is 8.24. The molecule has 0 saturated heterocycles. The van der Waals surface area contributed by atoms with Crippen LogP contribution in [0.3, 0.4) is 0 Å². The lowest BCUT2D eigenvalue weighted by molar-refractivity contribution is -0.121. The van der Waals surface area contributed by atoms with Crippen LogP contribution < -0.4 is 11.1 Å². The second-order valence-corrected chi connectivity index (χ2v) is 7.47. The summed E-state index contributed by atoms with van der Waals surface area (Å²) in [6.07, 6.45) is 3.55. The van der Waals surface area contributed by atoms with E-state index >= 15 is 0 Å². The minimum Gasteiger partial charge on any atom is -0.349 e. The third kappa shape index (κ3) is 5.18. The van der Waals surface area contributed by atoms with E-state index in [2.05, 4.69) is 19.2 Å². The predicted molar refractivity (Wildman–Crippen MR) is 71.5 cm³/mol. The Bertz CT molecular complexity index is 427. The molecule has 1 aliphatic rings. The summed E-state index contributed by atoms with van der Waals surface area (Å²) in [5, 5.41) is 3.88. The highest BCUT2D eigenvalue weighted by Gasteiger charge is 2.24. The summed E-state index contributed by atoms with van der Waals surface area (Å²) in [6, 6.07) is -0.375. The molecule has 0 spiro atoms. The fourth-order valence-electron chi connectivity index (χ4n) is 1.91. The predicted octanol–water partition coefficient (Wildman–Crippen LogP) is 0.569. The molecule has 1 unspecified atom stereocenters. The maximum Gasteiger partial charge on any atom is 0.220 e. The van der Waals surface area contributed by atoms with Gasteiger partial charge in [-0.3, -0.25) is 4.79 Å². The number of hydrogen-bond donors (Lipinski definition) is 2. The van der Waals surface area contributed by atoms with Gasteiger partial charge in [0.25, 0.3) is 0 Å². The van der Waals surface area contributed by atoms with Crippen molar-refractivity contribution in [2.75, 3.05) is 12.3 Å². The van der Waals surface area contributed by atoms with Gasteiger partial charge in [-0.2, -0.15) is 0 Å². The fraction of sp³-hybridized carbons (Fsp3) is 0.750. The van der Waals surface area contributed by atoms with Crippen molar-refractivity contribution >= 4 is 15.7 Å². The number of nitrogens with one attached hydrogen (secondary N) is 1. The molecule has 0 aromatic heterocycles. The molecule has 6 heteroatoms. The molecule has 0 aliphatic carbocycles. The number of hydrogen-bond acceptors (Lipinski definition) is 4. The Morgan fingerprint density at radius 3 is 2.61 bits per heavy atom. The SMILES string of the molecule is CC(C)(CCN)CCC(=O)NC1C=CS(=O)(=O)C1.